The Kier molecular flexibility index (Phi) is 4.48. The van der Waals surface area contributed by atoms with Gasteiger partial charge in [-0.25, -0.2) is 0 Å². The van der Waals surface area contributed by atoms with Crippen molar-refractivity contribution in [2.75, 3.05) is 5.32 Å². The number of carbonyl (C=O) groups excluding carboxylic acids is 1. The number of halogens is 1. The quantitative estimate of drug-likeness (QED) is 0.879. The van der Waals surface area contributed by atoms with Crippen molar-refractivity contribution in [3.8, 4) is 0 Å². The van der Waals surface area contributed by atoms with Gasteiger partial charge in [0.25, 0.3) is 0 Å². The number of hydrogen-bond donors (Lipinski definition) is 2. The van der Waals surface area contributed by atoms with Crippen LogP contribution in [0.4, 0.5) is 5.69 Å². The molecule has 1 atom stereocenters. The van der Waals surface area contributed by atoms with Gasteiger partial charge in [-0.15, -0.1) is 0 Å². The molecule has 1 fully saturated rings. The summed E-state index contributed by atoms with van der Waals surface area (Å²) in [6, 6.07) is 7.54. The number of anilines is 1. The first-order valence-corrected chi connectivity index (χ1v) is 6.86. The third-order valence-corrected chi connectivity index (χ3v) is 3.67. The summed E-state index contributed by atoms with van der Waals surface area (Å²) in [4.78, 5) is 12.0. The molecule has 1 aliphatic carbocycles. The summed E-state index contributed by atoms with van der Waals surface area (Å²) < 4.78 is 0. The molecule has 18 heavy (non-hydrogen) atoms. The van der Waals surface area contributed by atoms with Crippen LogP contribution in [0.1, 0.15) is 32.6 Å². The fraction of sp³-hybridized carbons (Fsp3) is 0.500. The molecule has 2 N–H and O–H groups in total. The molecule has 1 aromatic carbocycles. The largest absolute Gasteiger partial charge is 0.373 e. The van der Waals surface area contributed by atoms with E-state index in [1.807, 2.05) is 31.2 Å². The van der Waals surface area contributed by atoms with E-state index >= 15 is 0 Å². The summed E-state index contributed by atoms with van der Waals surface area (Å²) in [5.41, 5.74) is 0.799. The highest BCUT2D eigenvalue weighted by Gasteiger charge is 2.20. The zero-order valence-electron chi connectivity index (χ0n) is 10.6. The van der Waals surface area contributed by atoms with Crippen LogP contribution in [-0.2, 0) is 4.79 Å². The molecule has 0 spiro atoms. The highest BCUT2D eigenvalue weighted by atomic mass is 35.5. The van der Waals surface area contributed by atoms with Crippen molar-refractivity contribution in [2.45, 2.75) is 44.7 Å². The Morgan fingerprint density at radius 2 is 2.00 bits per heavy atom. The molecule has 1 aliphatic rings. The van der Waals surface area contributed by atoms with Gasteiger partial charge in [0.1, 0.15) is 6.04 Å². The highest BCUT2D eigenvalue weighted by molar-refractivity contribution is 6.33. The Bertz CT molecular complexity index is 416. The second-order valence-corrected chi connectivity index (χ2v) is 5.24. The minimum atomic E-state index is -0.273. The van der Waals surface area contributed by atoms with E-state index in [0.29, 0.717) is 11.1 Å². The van der Waals surface area contributed by atoms with Gasteiger partial charge < -0.3 is 10.6 Å². The van der Waals surface area contributed by atoms with E-state index < -0.39 is 0 Å². The maximum absolute atomic E-state index is 12.0. The van der Waals surface area contributed by atoms with Crippen LogP contribution < -0.4 is 10.6 Å². The van der Waals surface area contributed by atoms with Crippen molar-refractivity contribution in [1.29, 1.82) is 0 Å². The minimum Gasteiger partial charge on any atom is -0.373 e. The second kappa shape index (κ2) is 6.10. The summed E-state index contributed by atoms with van der Waals surface area (Å²) in [7, 11) is 0. The lowest BCUT2D eigenvalue weighted by Gasteiger charge is -2.19. The maximum atomic E-state index is 12.0. The zero-order valence-corrected chi connectivity index (χ0v) is 11.3. The average molecular weight is 267 g/mol. The maximum Gasteiger partial charge on any atom is 0.242 e. The molecule has 0 aliphatic heterocycles. The van der Waals surface area contributed by atoms with Crippen molar-refractivity contribution in [3.63, 3.8) is 0 Å². The van der Waals surface area contributed by atoms with Crippen LogP contribution in [0.25, 0.3) is 0 Å². The first kappa shape index (κ1) is 13.2. The fourth-order valence-corrected chi connectivity index (χ4v) is 2.46. The Hall–Kier alpha value is -1.22. The molecule has 3 nitrogen and oxygen atoms in total. The van der Waals surface area contributed by atoms with Crippen molar-refractivity contribution in [2.24, 2.45) is 0 Å². The summed E-state index contributed by atoms with van der Waals surface area (Å²) in [6.45, 7) is 1.85. The van der Waals surface area contributed by atoms with Gasteiger partial charge in [0, 0.05) is 6.04 Å². The van der Waals surface area contributed by atoms with Gasteiger partial charge in [0.05, 0.1) is 10.7 Å². The van der Waals surface area contributed by atoms with Gasteiger partial charge in [-0.3, -0.25) is 4.79 Å². The SMILES string of the molecule is CC(Nc1ccccc1Cl)C(=O)NC1CCCC1. The van der Waals surface area contributed by atoms with Crippen LogP contribution in [0, 0.1) is 0 Å². The number of hydrogen-bond acceptors (Lipinski definition) is 2. The lowest BCUT2D eigenvalue weighted by molar-refractivity contribution is -0.122. The van der Waals surface area contributed by atoms with Crippen LogP contribution in [-0.4, -0.2) is 18.0 Å². The van der Waals surface area contributed by atoms with Gasteiger partial charge in [0.15, 0.2) is 0 Å². The smallest absolute Gasteiger partial charge is 0.242 e. The number of nitrogens with one attached hydrogen (secondary N) is 2. The first-order chi connectivity index (χ1) is 8.66. The fourth-order valence-electron chi connectivity index (χ4n) is 2.27. The molecular formula is C14H19ClN2O. The Labute approximate surface area is 113 Å². The monoisotopic (exact) mass is 266 g/mol. The van der Waals surface area contributed by atoms with Crippen molar-refractivity contribution >= 4 is 23.2 Å². The number of carbonyl (C=O) groups is 1. The predicted molar refractivity (Wildman–Crippen MR) is 74.9 cm³/mol. The van der Waals surface area contributed by atoms with Gasteiger partial charge >= 0.3 is 0 Å². The number of benzene rings is 1. The molecule has 0 radical (unpaired) electrons. The third kappa shape index (κ3) is 3.39. The normalized spacial score (nSPS) is 17.4. The van der Waals surface area contributed by atoms with E-state index in [4.69, 9.17) is 11.6 Å². The topological polar surface area (TPSA) is 41.1 Å². The minimum absolute atomic E-state index is 0.0434. The van der Waals surface area contributed by atoms with E-state index in [2.05, 4.69) is 10.6 Å². The van der Waals surface area contributed by atoms with Gasteiger partial charge in [-0.1, -0.05) is 36.6 Å². The van der Waals surface area contributed by atoms with E-state index in [-0.39, 0.29) is 11.9 Å². The zero-order chi connectivity index (χ0) is 13.0. The van der Waals surface area contributed by atoms with Gasteiger partial charge in [-0.2, -0.15) is 0 Å². The molecule has 0 aromatic heterocycles. The summed E-state index contributed by atoms with van der Waals surface area (Å²) in [6.07, 6.45) is 4.64. The average Bonchev–Trinajstić information content (AvgIpc) is 2.84. The van der Waals surface area contributed by atoms with E-state index in [9.17, 15) is 4.79 Å². The summed E-state index contributed by atoms with van der Waals surface area (Å²) in [5.74, 6) is 0.0434. The van der Waals surface area contributed by atoms with Crippen molar-refractivity contribution in [1.82, 2.24) is 5.32 Å². The number of para-hydroxylation sites is 1. The molecular weight excluding hydrogens is 248 g/mol. The Balaban J connectivity index is 1.89. The van der Waals surface area contributed by atoms with Gasteiger partial charge in [0.2, 0.25) is 5.91 Å². The van der Waals surface area contributed by atoms with Crippen molar-refractivity contribution < 1.29 is 4.79 Å². The van der Waals surface area contributed by atoms with Gasteiger partial charge in [-0.05, 0) is 31.9 Å². The van der Waals surface area contributed by atoms with Crippen LogP contribution in [0.3, 0.4) is 0 Å². The van der Waals surface area contributed by atoms with Crippen LogP contribution in [0.15, 0.2) is 24.3 Å². The second-order valence-electron chi connectivity index (χ2n) is 4.84. The standard InChI is InChI=1S/C14H19ClN2O/c1-10(14(18)17-11-6-2-3-7-11)16-13-9-5-4-8-12(13)15/h4-5,8-11,16H,2-3,6-7H2,1H3,(H,17,18). The number of rotatable bonds is 4. The van der Waals surface area contributed by atoms with Crippen LogP contribution in [0.5, 0.6) is 0 Å². The molecule has 1 saturated carbocycles. The molecule has 1 unspecified atom stereocenters. The molecule has 4 heteroatoms. The lowest BCUT2D eigenvalue weighted by Crippen LogP contribution is -2.42. The molecule has 0 bridgehead atoms. The summed E-state index contributed by atoms with van der Waals surface area (Å²) >= 11 is 6.05. The highest BCUT2D eigenvalue weighted by Crippen LogP contribution is 2.21. The van der Waals surface area contributed by atoms with Crippen LogP contribution >= 0.6 is 11.6 Å². The Morgan fingerprint density at radius 3 is 2.67 bits per heavy atom. The molecule has 98 valence electrons. The first-order valence-electron chi connectivity index (χ1n) is 6.48. The summed E-state index contributed by atoms with van der Waals surface area (Å²) in [5, 5.41) is 6.85. The predicted octanol–water partition coefficient (Wildman–Crippen LogP) is 3.20. The van der Waals surface area contributed by atoms with Crippen molar-refractivity contribution in [3.05, 3.63) is 29.3 Å². The molecule has 1 amide bonds. The lowest BCUT2D eigenvalue weighted by atomic mass is 10.2. The third-order valence-electron chi connectivity index (χ3n) is 3.34. The number of amides is 1. The molecule has 1 aromatic rings. The van der Waals surface area contributed by atoms with E-state index in [1.54, 1.807) is 0 Å². The Morgan fingerprint density at radius 1 is 1.33 bits per heavy atom. The van der Waals surface area contributed by atoms with Crippen LogP contribution in [0.2, 0.25) is 5.02 Å². The molecule has 0 saturated heterocycles. The molecule has 2 rings (SSSR count). The molecule has 0 heterocycles. The van der Waals surface area contributed by atoms with E-state index in [1.165, 1.54) is 12.8 Å². The van der Waals surface area contributed by atoms with E-state index in [0.717, 1.165) is 18.5 Å².